The van der Waals surface area contributed by atoms with E-state index in [0.29, 0.717) is 6.04 Å². The second kappa shape index (κ2) is 8.84. The first kappa shape index (κ1) is 16.0. The zero-order valence-corrected chi connectivity index (χ0v) is 13.6. The van der Waals surface area contributed by atoms with Crippen LogP contribution in [0.1, 0.15) is 64.0 Å². The van der Waals surface area contributed by atoms with Crippen LogP contribution in [0, 0.1) is 0 Å². The predicted molar refractivity (Wildman–Crippen MR) is 93.7 cm³/mol. The van der Waals surface area contributed by atoms with Crippen LogP contribution in [0.15, 0.2) is 42.5 Å². The van der Waals surface area contributed by atoms with Crippen LogP contribution in [0.3, 0.4) is 0 Å². The van der Waals surface area contributed by atoms with Crippen molar-refractivity contribution in [3.05, 3.63) is 48.0 Å². The van der Waals surface area contributed by atoms with Crippen LogP contribution in [0.25, 0.3) is 10.8 Å². The minimum atomic E-state index is 0.423. The lowest BCUT2D eigenvalue weighted by Gasteiger charge is -2.16. The van der Waals surface area contributed by atoms with Crippen molar-refractivity contribution in [2.45, 2.75) is 58.4 Å². The number of hydrogen-bond acceptors (Lipinski definition) is 1. The first-order valence-electron chi connectivity index (χ1n) is 8.54. The first-order valence-corrected chi connectivity index (χ1v) is 8.54. The monoisotopic (exact) mass is 283 g/mol. The summed E-state index contributed by atoms with van der Waals surface area (Å²) in [6.45, 7) is 5.67. The highest BCUT2D eigenvalue weighted by atomic mass is 14.9. The lowest BCUT2D eigenvalue weighted by atomic mass is 9.99. The third-order valence-electron chi connectivity index (χ3n) is 4.27. The van der Waals surface area contributed by atoms with Crippen molar-refractivity contribution in [2.24, 2.45) is 0 Å². The van der Waals surface area contributed by atoms with E-state index in [1.807, 2.05) is 0 Å². The Morgan fingerprint density at radius 2 is 1.57 bits per heavy atom. The van der Waals surface area contributed by atoms with Crippen LogP contribution in [-0.2, 0) is 0 Å². The van der Waals surface area contributed by atoms with E-state index >= 15 is 0 Å². The summed E-state index contributed by atoms with van der Waals surface area (Å²) in [4.78, 5) is 0. The highest BCUT2D eigenvalue weighted by Gasteiger charge is 2.07. The lowest BCUT2D eigenvalue weighted by Crippen LogP contribution is -2.20. The third-order valence-corrected chi connectivity index (χ3v) is 4.27. The van der Waals surface area contributed by atoms with Crippen molar-refractivity contribution in [3.8, 4) is 0 Å². The summed E-state index contributed by atoms with van der Waals surface area (Å²) in [6.07, 6.45) is 8.15. The van der Waals surface area contributed by atoms with E-state index in [1.54, 1.807) is 0 Å². The SMILES string of the molecule is CCCCCCCCNC(C)c1cccc2ccccc12. The molecule has 0 aromatic heterocycles. The summed E-state index contributed by atoms with van der Waals surface area (Å²) < 4.78 is 0. The van der Waals surface area contributed by atoms with Crippen molar-refractivity contribution >= 4 is 10.8 Å². The Morgan fingerprint density at radius 3 is 2.43 bits per heavy atom. The maximum atomic E-state index is 3.68. The molecule has 114 valence electrons. The van der Waals surface area contributed by atoms with Crippen molar-refractivity contribution in [2.75, 3.05) is 6.54 Å². The Kier molecular flexibility index (Phi) is 6.75. The van der Waals surface area contributed by atoms with Gasteiger partial charge < -0.3 is 5.32 Å². The van der Waals surface area contributed by atoms with E-state index in [0.717, 1.165) is 6.54 Å². The zero-order chi connectivity index (χ0) is 14.9. The topological polar surface area (TPSA) is 12.0 Å². The summed E-state index contributed by atoms with van der Waals surface area (Å²) in [5, 5.41) is 6.40. The second-order valence-electron chi connectivity index (χ2n) is 6.01. The zero-order valence-electron chi connectivity index (χ0n) is 13.6. The number of nitrogens with one attached hydrogen (secondary N) is 1. The van der Waals surface area contributed by atoms with E-state index in [9.17, 15) is 0 Å². The number of rotatable bonds is 9. The standard InChI is InChI=1S/C20H29N/c1-3-4-5-6-7-10-16-21-17(2)19-15-11-13-18-12-8-9-14-20(18)19/h8-9,11-15,17,21H,3-7,10,16H2,1-2H3. The third kappa shape index (κ3) is 4.86. The average Bonchev–Trinajstić information content (AvgIpc) is 2.53. The Hall–Kier alpha value is -1.34. The van der Waals surface area contributed by atoms with Gasteiger partial charge in [0, 0.05) is 6.04 Å². The van der Waals surface area contributed by atoms with Crippen LogP contribution in [0.2, 0.25) is 0 Å². The molecule has 0 spiro atoms. The summed E-state index contributed by atoms with van der Waals surface area (Å²) in [7, 11) is 0. The second-order valence-corrected chi connectivity index (χ2v) is 6.01. The predicted octanol–water partition coefficient (Wildman–Crippen LogP) is 5.85. The molecule has 0 bridgehead atoms. The molecule has 21 heavy (non-hydrogen) atoms. The minimum Gasteiger partial charge on any atom is -0.310 e. The fourth-order valence-electron chi connectivity index (χ4n) is 2.96. The fourth-order valence-corrected chi connectivity index (χ4v) is 2.96. The molecule has 0 aliphatic rings. The normalized spacial score (nSPS) is 12.7. The van der Waals surface area contributed by atoms with E-state index in [2.05, 4.69) is 61.6 Å². The van der Waals surface area contributed by atoms with Crippen LogP contribution in [0.5, 0.6) is 0 Å². The van der Waals surface area contributed by atoms with Gasteiger partial charge in [-0.25, -0.2) is 0 Å². The molecule has 0 heterocycles. The van der Waals surface area contributed by atoms with Gasteiger partial charge in [0.1, 0.15) is 0 Å². The molecule has 1 atom stereocenters. The van der Waals surface area contributed by atoms with Gasteiger partial charge in [-0.2, -0.15) is 0 Å². The van der Waals surface area contributed by atoms with Gasteiger partial charge in [-0.1, -0.05) is 81.5 Å². The van der Waals surface area contributed by atoms with Crippen molar-refractivity contribution in [3.63, 3.8) is 0 Å². The van der Waals surface area contributed by atoms with E-state index in [-0.39, 0.29) is 0 Å². The molecule has 2 aromatic carbocycles. The number of benzene rings is 2. The van der Waals surface area contributed by atoms with E-state index in [1.165, 1.54) is 54.9 Å². The van der Waals surface area contributed by atoms with Gasteiger partial charge in [0.05, 0.1) is 0 Å². The molecule has 0 aliphatic carbocycles. The maximum absolute atomic E-state index is 3.68. The van der Waals surface area contributed by atoms with Crippen molar-refractivity contribution in [1.82, 2.24) is 5.32 Å². The molecule has 0 saturated carbocycles. The smallest absolute Gasteiger partial charge is 0.0297 e. The molecule has 2 aromatic rings. The quantitative estimate of drug-likeness (QED) is 0.569. The van der Waals surface area contributed by atoms with Crippen molar-refractivity contribution < 1.29 is 0 Å². The Labute approximate surface area is 129 Å². The molecule has 1 nitrogen and oxygen atoms in total. The molecule has 1 N–H and O–H groups in total. The maximum Gasteiger partial charge on any atom is 0.0297 e. The van der Waals surface area contributed by atoms with Gasteiger partial charge in [0.25, 0.3) is 0 Å². The Bertz CT molecular complexity index is 527. The van der Waals surface area contributed by atoms with Crippen LogP contribution in [-0.4, -0.2) is 6.54 Å². The molecular formula is C20H29N. The highest BCUT2D eigenvalue weighted by Crippen LogP contribution is 2.23. The summed E-state index contributed by atoms with van der Waals surface area (Å²) in [5.41, 5.74) is 1.42. The Morgan fingerprint density at radius 1 is 0.857 bits per heavy atom. The molecule has 0 saturated heterocycles. The van der Waals surface area contributed by atoms with Gasteiger partial charge in [-0.15, -0.1) is 0 Å². The van der Waals surface area contributed by atoms with Crippen molar-refractivity contribution in [1.29, 1.82) is 0 Å². The molecule has 2 rings (SSSR count). The largest absolute Gasteiger partial charge is 0.310 e. The highest BCUT2D eigenvalue weighted by molar-refractivity contribution is 5.86. The lowest BCUT2D eigenvalue weighted by molar-refractivity contribution is 0.529. The molecule has 1 unspecified atom stereocenters. The van der Waals surface area contributed by atoms with Crippen LogP contribution >= 0.6 is 0 Å². The van der Waals surface area contributed by atoms with E-state index in [4.69, 9.17) is 0 Å². The van der Waals surface area contributed by atoms with Gasteiger partial charge in [0.15, 0.2) is 0 Å². The molecule has 1 heteroatoms. The van der Waals surface area contributed by atoms with Gasteiger partial charge in [-0.05, 0) is 36.2 Å². The summed E-state index contributed by atoms with van der Waals surface area (Å²) >= 11 is 0. The average molecular weight is 283 g/mol. The van der Waals surface area contributed by atoms with Gasteiger partial charge in [0.2, 0.25) is 0 Å². The number of fused-ring (bicyclic) bond motifs is 1. The molecule has 0 amide bonds. The van der Waals surface area contributed by atoms with Gasteiger partial charge in [-0.3, -0.25) is 0 Å². The van der Waals surface area contributed by atoms with Crippen LogP contribution in [0.4, 0.5) is 0 Å². The number of unbranched alkanes of at least 4 members (excludes halogenated alkanes) is 5. The van der Waals surface area contributed by atoms with Gasteiger partial charge >= 0.3 is 0 Å². The van der Waals surface area contributed by atoms with Crippen LogP contribution < -0.4 is 5.32 Å². The molecule has 0 aliphatic heterocycles. The Balaban J connectivity index is 1.81. The molecule has 0 radical (unpaired) electrons. The number of hydrogen-bond donors (Lipinski definition) is 1. The summed E-state index contributed by atoms with van der Waals surface area (Å²) in [5.74, 6) is 0. The summed E-state index contributed by atoms with van der Waals surface area (Å²) in [6, 6.07) is 15.7. The first-order chi connectivity index (χ1) is 10.3. The minimum absolute atomic E-state index is 0.423. The van der Waals surface area contributed by atoms with E-state index < -0.39 is 0 Å². The fraction of sp³-hybridized carbons (Fsp3) is 0.500. The molecule has 0 fully saturated rings. The molecular weight excluding hydrogens is 254 g/mol.